The number of nitrogens with zero attached hydrogens (tertiary/aromatic N) is 1. The SMILES string of the molecule is OCc1c[nH]c(=S)n1C1CCOc2ccccc21. The monoisotopic (exact) mass is 262 g/mol. The molecule has 0 saturated carbocycles. The van der Waals surface area contributed by atoms with Crippen molar-refractivity contribution >= 4 is 12.2 Å². The number of ether oxygens (including phenoxy) is 1. The van der Waals surface area contributed by atoms with Crippen LogP contribution in [0.4, 0.5) is 0 Å². The molecular formula is C13H14N2O2S. The highest BCUT2D eigenvalue weighted by Gasteiger charge is 2.24. The van der Waals surface area contributed by atoms with Crippen molar-refractivity contribution in [1.82, 2.24) is 9.55 Å². The van der Waals surface area contributed by atoms with Crippen molar-refractivity contribution in [2.45, 2.75) is 19.1 Å². The summed E-state index contributed by atoms with van der Waals surface area (Å²) in [5, 5.41) is 9.39. The Kier molecular flexibility index (Phi) is 2.93. The van der Waals surface area contributed by atoms with E-state index in [9.17, 15) is 5.11 Å². The molecule has 1 atom stereocenters. The van der Waals surface area contributed by atoms with E-state index in [1.807, 2.05) is 22.8 Å². The van der Waals surface area contributed by atoms with E-state index >= 15 is 0 Å². The normalized spacial score (nSPS) is 18.2. The van der Waals surface area contributed by atoms with E-state index in [1.54, 1.807) is 6.20 Å². The van der Waals surface area contributed by atoms with E-state index in [0.717, 1.165) is 23.4 Å². The highest BCUT2D eigenvalue weighted by atomic mass is 32.1. The first-order chi connectivity index (χ1) is 8.81. The number of aromatic nitrogens is 2. The van der Waals surface area contributed by atoms with Crippen molar-refractivity contribution in [2.75, 3.05) is 6.61 Å². The topological polar surface area (TPSA) is 50.2 Å². The van der Waals surface area contributed by atoms with E-state index in [1.165, 1.54) is 0 Å². The van der Waals surface area contributed by atoms with Crippen molar-refractivity contribution in [3.05, 3.63) is 46.5 Å². The average molecular weight is 262 g/mol. The van der Waals surface area contributed by atoms with Crippen LogP contribution in [-0.2, 0) is 6.61 Å². The maximum absolute atomic E-state index is 9.39. The molecule has 0 amide bonds. The summed E-state index contributed by atoms with van der Waals surface area (Å²) in [6, 6.07) is 8.11. The summed E-state index contributed by atoms with van der Waals surface area (Å²) in [5.41, 5.74) is 1.93. The summed E-state index contributed by atoms with van der Waals surface area (Å²) in [6.45, 7) is 0.645. The van der Waals surface area contributed by atoms with E-state index in [4.69, 9.17) is 17.0 Å². The second-order valence-corrected chi connectivity index (χ2v) is 4.69. The zero-order chi connectivity index (χ0) is 12.5. The predicted octanol–water partition coefficient (Wildman–Crippen LogP) is 2.41. The Balaban J connectivity index is 2.14. The first-order valence-corrected chi connectivity index (χ1v) is 6.33. The van der Waals surface area contributed by atoms with Gasteiger partial charge in [-0.15, -0.1) is 0 Å². The van der Waals surface area contributed by atoms with Crippen LogP contribution < -0.4 is 4.74 Å². The van der Waals surface area contributed by atoms with Gasteiger partial charge in [-0.2, -0.15) is 0 Å². The second-order valence-electron chi connectivity index (χ2n) is 4.30. The van der Waals surface area contributed by atoms with E-state index in [-0.39, 0.29) is 12.6 Å². The van der Waals surface area contributed by atoms with Gasteiger partial charge in [0.25, 0.3) is 0 Å². The summed E-state index contributed by atoms with van der Waals surface area (Å²) in [6.07, 6.45) is 2.62. The zero-order valence-electron chi connectivity index (χ0n) is 9.80. The number of fused-ring (bicyclic) bond motifs is 1. The molecule has 1 unspecified atom stereocenters. The van der Waals surface area contributed by atoms with Gasteiger partial charge in [-0.05, 0) is 18.3 Å². The molecule has 1 aromatic carbocycles. The van der Waals surface area contributed by atoms with Gasteiger partial charge in [-0.25, -0.2) is 0 Å². The molecule has 2 aromatic rings. The molecule has 0 saturated heterocycles. The van der Waals surface area contributed by atoms with Crippen LogP contribution in [0.1, 0.15) is 23.7 Å². The molecule has 5 heteroatoms. The minimum Gasteiger partial charge on any atom is -0.493 e. The fourth-order valence-corrected chi connectivity index (χ4v) is 2.77. The number of para-hydroxylation sites is 1. The number of aromatic amines is 1. The van der Waals surface area contributed by atoms with Gasteiger partial charge in [0.2, 0.25) is 0 Å². The van der Waals surface area contributed by atoms with Crippen molar-refractivity contribution in [3.63, 3.8) is 0 Å². The van der Waals surface area contributed by atoms with Crippen LogP contribution in [-0.4, -0.2) is 21.3 Å². The third kappa shape index (κ3) is 1.76. The Morgan fingerprint density at radius 3 is 3.11 bits per heavy atom. The van der Waals surface area contributed by atoms with Crippen molar-refractivity contribution in [3.8, 4) is 5.75 Å². The molecule has 3 rings (SSSR count). The lowest BCUT2D eigenvalue weighted by atomic mass is 10.0. The molecule has 94 valence electrons. The van der Waals surface area contributed by atoms with Crippen molar-refractivity contribution < 1.29 is 9.84 Å². The van der Waals surface area contributed by atoms with Crippen LogP contribution in [0.2, 0.25) is 0 Å². The lowest BCUT2D eigenvalue weighted by Crippen LogP contribution is -2.21. The lowest BCUT2D eigenvalue weighted by molar-refractivity contribution is 0.239. The Bertz CT molecular complexity index is 617. The smallest absolute Gasteiger partial charge is 0.178 e. The summed E-state index contributed by atoms with van der Waals surface area (Å²) in [5.74, 6) is 0.903. The summed E-state index contributed by atoms with van der Waals surface area (Å²) in [7, 11) is 0. The quantitative estimate of drug-likeness (QED) is 0.817. The summed E-state index contributed by atoms with van der Waals surface area (Å²) < 4.78 is 8.27. The Hall–Kier alpha value is -1.59. The highest BCUT2D eigenvalue weighted by molar-refractivity contribution is 7.71. The average Bonchev–Trinajstić information content (AvgIpc) is 2.79. The number of rotatable bonds is 2. The maximum Gasteiger partial charge on any atom is 0.178 e. The van der Waals surface area contributed by atoms with Crippen molar-refractivity contribution in [1.29, 1.82) is 0 Å². The van der Waals surface area contributed by atoms with Crippen LogP contribution in [0.5, 0.6) is 5.75 Å². The summed E-state index contributed by atoms with van der Waals surface area (Å²) in [4.78, 5) is 2.99. The van der Waals surface area contributed by atoms with Gasteiger partial charge in [-0.1, -0.05) is 18.2 Å². The fourth-order valence-electron chi connectivity index (χ4n) is 2.47. The molecule has 4 nitrogen and oxygen atoms in total. The number of aliphatic hydroxyl groups is 1. The van der Waals surface area contributed by atoms with Gasteiger partial charge in [0.05, 0.1) is 24.9 Å². The number of nitrogens with one attached hydrogen (secondary N) is 1. The predicted molar refractivity (Wildman–Crippen MR) is 70.2 cm³/mol. The van der Waals surface area contributed by atoms with Crippen LogP contribution in [0.15, 0.2) is 30.5 Å². The standard InChI is InChI=1S/C13H14N2O2S/c16-8-9-7-14-13(18)15(9)11-5-6-17-12-4-2-1-3-10(11)12/h1-4,7,11,16H,5-6,8H2,(H,14,18). The summed E-state index contributed by atoms with van der Waals surface area (Å²) >= 11 is 5.30. The molecule has 0 fully saturated rings. The molecular weight excluding hydrogens is 248 g/mol. The minimum atomic E-state index is -0.0212. The first kappa shape index (κ1) is 11.5. The third-order valence-electron chi connectivity index (χ3n) is 3.29. The number of H-pyrrole nitrogens is 1. The number of benzene rings is 1. The van der Waals surface area contributed by atoms with E-state index in [0.29, 0.717) is 11.4 Å². The van der Waals surface area contributed by atoms with E-state index in [2.05, 4.69) is 11.1 Å². The molecule has 0 radical (unpaired) electrons. The highest BCUT2D eigenvalue weighted by Crippen LogP contribution is 2.35. The zero-order valence-corrected chi connectivity index (χ0v) is 10.6. The molecule has 1 aliphatic rings. The van der Waals surface area contributed by atoms with Gasteiger partial charge in [0.1, 0.15) is 5.75 Å². The van der Waals surface area contributed by atoms with Gasteiger partial charge in [0, 0.05) is 18.2 Å². The largest absolute Gasteiger partial charge is 0.493 e. The first-order valence-electron chi connectivity index (χ1n) is 5.92. The number of hydrogen-bond donors (Lipinski definition) is 2. The van der Waals surface area contributed by atoms with Gasteiger partial charge in [0.15, 0.2) is 4.77 Å². The molecule has 2 N–H and O–H groups in total. The van der Waals surface area contributed by atoms with Gasteiger partial charge < -0.3 is 19.4 Å². The Labute approximate surface area is 110 Å². The Morgan fingerprint density at radius 2 is 2.28 bits per heavy atom. The molecule has 0 spiro atoms. The fraction of sp³-hybridized carbons (Fsp3) is 0.308. The van der Waals surface area contributed by atoms with Gasteiger partial charge >= 0.3 is 0 Å². The lowest BCUT2D eigenvalue weighted by Gasteiger charge is -2.27. The molecule has 1 aromatic heterocycles. The molecule has 0 bridgehead atoms. The molecule has 1 aliphatic heterocycles. The molecule has 0 aliphatic carbocycles. The Morgan fingerprint density at radius 1 is 1.44 bits per heavy atom. The number of imidazole rings is 1. The van der Waals surface area contributed by atoms with Crippen LogP contribution in [0.3, 0.4) is 0 Å². The number of hydrogen-bond acceptors (Lipinski definition) is 3. The number of aliphatic hydroxyl groups excluding tert-OH is 1. The van der Waals surface area contributed by atoms with Crippen LogP contribution in [0, 0.1) is 4.77 Å². The second kappa shape index (κ2) is 4.59. The maximum atomic E-state index is 9.39. The minimum absolute atomic E-state index is 0.0212. The van der Waals surface area contributed by atoms with Crippen LogP contribution >= 0.6 is 12.2 Å². The van der Waals surface area contributed by atoms with E-state index < -0.39 is 0 Å². The third-order valence-corrected chi connectivity index (χ3v) is 3.61. The molecule has 2 heterocycles. The van der Waals surface area contributed by atoms with Crippen molar-refractivity contribution in [2.24, 2.45) is 0 Å². The van der Waals surface area contributed by atoms with Crippen LogP contribution in [0.25, 0.3) is 0 Å². The molecule has 18 heavy (non-hydrogen) atoms. The van der Waals surface area contributed by atoms with Gasteiger partial charge in [-0.3, -0.25) is 0 Å².